The van der Waals surface area contributed by atoms with E-state index in [4.69, 9.17) is 11.6 Å². The van der Waals surface area contributed by atoms with Gasteiger partial charge in [-0.05, 0) is 36.5 Å². The van der Waals surface area contributed by atoms with Crippen molar-refractivity contribution in [3.63, 3.8) is 0 Å². The normalized spacial score (nSPS) is 31.8. The van der Waals surface area contributed by atoms with E-state index in [1.807, 2.05) is 20.8 Å². The van der Waals surface area contributed by atoms with Gasteiger partial charge in [-0.2, -0.15) is 0 Å². The van der Waals surface area contributed by atoms with E-state index < -0.39 is 5.41 Å². The summed E-state index contributed by atoms with van der Waals surface area (Å²) in [6.07, 6.45) is 1.55. The van der Waals surface area contributed by atoms with Gasteiger partial charge >= 0.3 is 0 Å². The Morgan fingerprint density at radius 2 is 1.95 bits per heavy atom. The lowest BCUT2D eigenvalue weighted by atomic mass is 9.62. The maximum Gasteiger partial charge on any atom is 0.240 e. The van der Waals surface area contributed by atoms with E-state index in [-0.39, 0.29) is 23.1 Å². The minimum absolute atomic E-state index is 0.0859. The molecule has 2 aliphatic rings. The molecule has 0 radical (unpaired) electrons. The molecule has 3 nitrogen and oxygen atoms in total. The van der Waals surface area contributed by atoms with Crippen molar-refractivity contribution in [1.29, 1.82) is 0 Å². The minimum Gasteiger partial charge on any atom is -0.274 e. The van der Waals surface area contributed by atoms with Crippen LogP contribution >= 0.6 is 11.6 Å². The van der Waals surface area contributed by atoms with Gasteiger partial charge in [-0.25, -0.2) is 4.90 Å². The van der Waals surface area contributed by atoms with Crippen molar-refractivity contribution in [2.24, 2.45) is 16.7 Å². The van der Waals surface area contributed by atoms with Crippen LogP contribution in [0.1, 0.15) is 33.6 Å². The minimum atomic E-state index is -0.478. The number of fused-ring (bicyclic) bond motifs is 2. The van der Waals surface area contributed by atoms with Crippen LogP contribution in [0.3, 0.4) is 0 Å². The Hall–Kier alpha value is -1.35. The maximum atomic E-state index is 12.9. The summed E-state index contributed by atoms with van der Waals surface area (Å²) in [7, 11) is 0. The van der Waals surface area contributed by atoms with Crippen LogP contribution in [0.2, 0.25) is 5.02 Å². The molecule has 20 heavy (non-hydrogen) atoms. The van der Waals surface area contributed by atoms with Crippen LogP contribution in [0.5, 0.6) is 0 Å². The SMILES string of the molecule is CC1(C)[C@@H]2CC[C@@]1(C)C(=O)N(c1cccc(Cl)c1)C2=O. The molecule has 1 aromatic carbocycles. The summed E-state index contributed by atoms with van der Waals surface area (Å²) in [5.74, 6) is -0.273. The standard InChI is InChI=1S/C16H18ClNO2/c1-15(2)12-7-8-16(15,3)14(20)18(13(12)19)11-6-4-5-10(17)9-11/h4-6,9,12H,7-8H2,1-3H3/t12-,16+/m1/s1. The van der Waals surface area contributed by atoms with Crippen molar-refractivity contribution in [2.45, 2.75) is 33.6 Å². The number of hydrogen-bond donors (Lipinski definition) is 0. The number of anilines is 1. The number of halogens is 1. The van der Waals surface area contributed by atoms with E-state index in [9.17, 15) is 9.59 Å². The zero-order valence-corrected chi connectivity index (χ0v) is 12.7. The first-order valence-electron chi connectivity index (χ1n) is 6.93. The number of carbonyl (C=O) groups excluding carboxylic acids is 2. The Morgan fingerprint density at radius 1 is 1.25 bits per heavy atom. The Morgan fingerprint density at radius 3 is 2.60 bits per heavy atom. The highest BCUT2D eigenvalue weighted by Gasteiger charge is 2.64. The number of amides is 2. The molecule has 1 saturated heterocycles. The van der Waals surface area contributed by atoms with Crippen LogP contribution in [0.15, 0.2) is 24.3 Å². The molecule has 1 heterocycles. The third kappa shape index (κ3) is 1.53. The maximum absolute atomic E-state index is 12.9. The zero-order valence-electron chi connectivity index (χ0n) is 11.9. The lowest BCUT2D eigenvalue weighted by molar-refractivity contribution is -0.146. The summed E-state index contributed by atoms with van der Waals surface area (Å²) >= 11 is 5.99. The third-order valence-electron chi connectivity index (χ3n) is 5.49. The molecule has 1 aromatic rings. The molecule has 4 heteroatoms. The van der Waals surface area contributed by atoms with Crippen molar-refractivity contribution in [3.05, 3.63) is 29.3 Å². The van der Waals surface area contributed by atoms with Crippen LogP contribution in [0.4, 0.5) is 5.69 Å². The molecular formula is C16H18ClNO2. The van der Waals surface area contributed by atoms with Gasteiger partial charge in [-0.15, -0.1) is 0 Å². The van der Waals surface area contributed by atoms with Gasteiger partial charge in [0.2, 0.25) is 11.8 Å². The fourth-order valence-corrected chi connectivity index (χ4v) is 3.86. The van der Waals surface area contributed by atoms with E-state index in [1.165, 1.54) is 4.90 Å². The molecule has 0 spiro atoms. The largest absolute Gasteiger partial charge is 0.274 e. The van der Waals surface area contributed by atoms with Crippen molar-refractivity contribution < 1.29 is 9.59 Å². The van der Waals surface area contributed by atoms with E-state index in [0.717, 1.165) is 12.8 Å². The Balaban J connectivity index is 2.12. The van der Waals surface area contributed by atoms with Crippen molar-refractivity contribution >= 4 is 29.1 Å². The smallest absolute Gasteiger partial charge is 0.240 e. The molecular weight excluding hydrogens is 274 g/mol. The monoisotopic (exact) mass is 291 g/mol. The lowest BCUT2D eigenvalue weighted by Gasteiger charge is -2.47. The average molecular weight is 292 g/mol. The quantitative estimate of drug-likeness (QED) is 0.741. The van der Waals surface area contributed by atoms with Crippen LogP contribution < -0.4 is 4.90 Å². The Bertz CT molecular complexity index is 610. The van der Waals surface area contributed by atoms with Gasteiger partial charge in [-0.1, -0.05) is 38.4 Å². The first kappa shape index (κ1) is 13.6. The first-order chi connectivity index (χ1) is 9.29. The number of hydrogen-bond acceptors (Lipinski definition) is 2. The van der Waals surface area contributed by atoms with E-state index in [0.29, 0.717) is 10.7 Å². The van der Waals surface area contributed by atoms with E-state index in [1.54, 1.807) is 24.3 Å². The molecule has 0 unspecified atom stereocenters. The Labute approximate surface area is 123 Å². The molecule has 1 aliphatic carbocycles. The van der Waals surface area contributed by atoms with Gasteiger partial charge in [0, 0.05) is 10.9 Å². The second kappa shape index (κ2) is 4.08. The number of piperidine rings is 1. The predicted octanol–water partition coefficient (Wildman–Crippen LogP) is 3.66. The van der Waals surface area contributed by atoms with E-state index >= 15 is 0 Å². The van der Waals surface area contributed by atoms with Crippen LogP contribution in [0.25, 0.3) is 0 Å². The van der Waals surface area contributed by atoms with Crippen LogP contribution in [0, 0.1) is 16.7 Å². The fourth-order valence-electron chi connectivity index (χ4n) is 3.68. The molecule has 1 saturated carbocycles. The highest BCUT2D eigenvalue weighted by Crippen LogP contribution is 2.60. The van der Waals surface area contributed by atoms with Crippen molar-refractivity contribution in [3.8, 4) is 0 Å². The first-order valence-corrected chi connectivity index (χ1v) is 7.31. The van der Waals surface area contributed by atoms with Gasteiger partial charge in [0.05, 0.1) is 11.1 Å². The fraction of sp³-hybridized carbons (Fsp3) is 0.500. The van der Waals surface area contributed by atoms with Crippen LogP contribution in [-0.2, 0) is 9.59 Å². The summed E-state index contributed by atoms with van der Waals surface area (Å²) in [5.41, 5.74) is -0.175. The summed E-state index contributed by atoms with van der Waals surface area (Å²) in [6, 6.07) is 6.95. The van der Waals surface area contributed by atoms with Crippen molar-refractivity contribution in [2.75, 3.05) is 4.90 Å². The molecule has 0 aromatic heterocycles. The van der Waals surface area contributed by atoms with Gasteiger partial charge in [0.1, 0.15) is 0 Å². The predicted molar refractivity (Wildman–Crippen MR) is 78.6 cm³/mol. The second-order valence-corrected chi connectivity index (χ2v) is 7.04. The topological polar surface area (TPSA) is 37.4 Å². The van der Waals surface area contributed by atoms with Gasteiger partial charge in [0.25, 0.3) is 0 Å². The summed E-state index contributed by atoms with van der Waals surface area (Å²) in [6.45, 7) is 6.06. The lowest BCUT2D eigenvalue weighted by Crippen LogP contribution is -2.59. The van der Waals surface area contributed by atoms with Gasteiger partial charge in [-0.3, -0.25) is 9.59 Å². The number of benzene rings is 1. The number of nitrogens with zero attached hydrogens (tertiary/aromatic N) is 1. The second-order valence-electron chi connectivity index (χ2n) is 6.60. The van der Waals surface area contributed by atoms with Crippen LogP contribution in [-0.4, -0.2) is 11.8 Å². The van der Waals surface area contributed by atoms with Crippen molar-refractivity contribution in [1.82, 2.24) is 0 Å². The molecule has 2 bridgehead atoms. The number of imide groups is 1. The molecule has 1 aliphatic heterocycles. The Kier molecular flexibility index (Phi) is 2.78. The molecule has 2 fully saturated rings. The number of rotatable bonds is 1. The summed E-state index contributed by atoms with van der Waals surface area (Å²) < 4.78 is 0. The molecule has 106 valence electrons. The summed E-state index contributed by atoms with van der Waals surface area (Å²) in [4.78, 5) is 27.0. The van der Waals surface area contributed by atoms with Gasteiger partial charge in [0.15, 0.2) is 0 Å². The number of carbonyl (C=O) groups is 2. The highest BCUT2D eigenvalue weighted by atomic mass is 35.5. The molecule has 0 N–H and O–H groups in total. The molecule has 3 rings (SSSR count). The van der Waals surface area contributed by atoms with E-state index in [2.05, 4.69) is 0 Å². The third-order valence-corrected chi connectivity index (χ3v) is 5.72. The summed E-state index contributed by atoms with van der Waals surface area (Å²) in [5, 5.41) is 0.533. The average Bonchev–Trinajstić information content (AvgIpc) is 2.54. The molecule has 2 amide bonds. The molecule has 2 atom stereocenters. The van der Waals surface area contributed by atoms with Gasteiger partial charge < -0.3 is 0 Å². The zero-order chi connectivity index (χ0) is 14.7. The highest BCUT2D eigenvalue weighted by molar-refractivity contribution is 6.31.